The zero-order valence-electron chi connectivity index (χ0n) is 16.6. The van der Waals surface area contributed by atoms with E-state index in [1.54, 1.807) is 0 Å². The standard InChI is InChI=1S/C22H25N3O3/c1-4-16-14-25-13-15(20(27-5-2)12-21(25)23-16)11-19(26)17-7-6-8-18-22(17)28-10-9-24(18)3/h6-8,12-14H,4-5,9-11H2,1-3H3. The van der Waals surface area contributed by atoms with Crippen molar-refractivity contribution < 1.29 is 14.3 Å². The number of likely N-dealkylation sites (N-methyl/N-ethyl adjacent to an activating group) is 1. The monoisotopic (exact) mass is 379 g/mol. The molecule has 0 radical (unpaired) electrons. The van der Waals surface area contributed by atoms with Crippen molar-refractivity contribution in [3.8, 4) is 11.5 Å². The molecule has 0 N–H and O–H groups in total. The number of para-hydroxylation sites is 1. The molecule has 0 saturated carbocycles. The summed E-state index contributed by atoms with van der Waals surface area (Å²) >= 11 is 0. The highest BCUT2D eigenvalue weighted by molar-refractivity contribution is 6.02. The number of ketones is 1. The second-order valence-electron chi connectivity index (χ2n) is 6.97. The summed E-state index contributed by atoms with van der Waals surface area (Å²) in [6.45, 7) is 5.95. The number of hydrogen-bond acceptors (Lipinski definition) is 5. The summed E-state index contributed by atoms with van der Waals surface area (Å²) in [7, 11) is 2.01. The van der Waals surface area contributed by atoms with Gasteiger partial charge in [0.05, 0.1) is 30.1 Å². The third-order valence-electron chi connectivity index (χ3n) is 5.07. The van der Waals surface area contributed by atoms with Gasteiger partial charge in [-0.05, 0) is 25.5 Å². The Morgan fingerprint density at radius 2 is 2.14 bits per heavy atom. The molecule has 6 heteroatoms. The van der Waals surface area contributed by atoms with Crippen LogP contribution in [-0.2, 0) is 12.8 Å². The number of rotatable bonds is 6. The van der Waals surface area contributed by atoms with Crippen LogP contribution in [0.25, 0.3) is 5.65 Å². The van der Waals surface area contributed by atoms with Crippen molar-refractivity contribution in [1.29, 1.82) is 0 Å². The molecule has 2 aromatic heterocycles. The van der Waals surface area contributed by atoms with E-state index in [-0.39, 0.29) is 12.2 Å². The molecular formula is C22H25N3O3. The van der Waals surface area contributed by atoms with Crippen molar-refractivity contribution in [3.63, 3.8) is 0 Å². The van der Waals surface area contributed by atoms with Gasteiger partial charge in [0.1, 0.15) is 18.0 Å². The Morgan fingerprint density at radius 1 is 1.29 bits per heavy atom. The van der Waals surface area contributed by atoms with E-state index in [0.717, 1.165) is 35.6 Å². The number of nitrogens with zero attached hydrogens (tertiary/aromatic N) is 3. The van der Waals surface area contributed by atoms with E-state index in [4.69, 9.17) is 9.47 Å². The van der Waals surface area contributed by atoms with E-state index >= 15 is 0 Å². The zero-order chi connectivity index (χ0) is 19.7. The largest absolute Gasteiger partial charge is 0.493 e. The smallest absolute Gasteiger partial charge is 0.171 e. The number of anilines is 1. The van der Waals surface area contributed by atoms with Crippen LogP contribution in [0.4, 0.5) is 5.69 Å². The molecule has 3 aromatic rings. The van der Waals surface area contributed by atoms with Crippen molar-refractivity contribution in [2.45, 2.75) is 26.7 Å². The molecule has 0 fully saturated rings. The van der Waals surface area contributed by atoms with Crippen molar-refractivity contribution in [3.05, 3.63) is 53.5 Å². The van der Waals surface area contributed by atoms with Crippen LogP contribution in [0, 0.1) is 0 Å². The Hall–Kier alpha value is -3.02. The van der Waals surface area contributed by atoms with E-state index in [0.29, 0.717) is 30.3 Å². The Balaban J connectivity index is 1.70. The normalized spacial score (nSPS) is 13.3. The maximum Gasteiger partial charge on any atom is 0.171 e. The number of Topliss-reactive ketones (excluding diaryl/α,β-unsaturated/α-hetero) is 1. The SMILES string of the molecule is CCOc1cc2nc(CC)cn2cc1CC(=O)c1cccc2c1OCCN2C. The molecular weight excluding hydrogens is 354 g/mol. The molecule has 1 aromatic carbocycles. The van der Waals surface area contributed by atoms with Crippen molar-refractivity contribution in [2.75, 3.05) is 31.7 Å². The number of aryl methyl sites for hydroxylation is 1. The molecule has 4 rings (SSSR count). The van der Waals surface area contributed by atoms with Crippen molar-refractivity contribution in [1.82, 2.24) is 9.38 Å². The van der Waals surface area contributed by atoms with Gasteiger partial charge in [-0.1, -0.05) is 13.0 Å². The third-order valence-corrected chi connectivity index (χ3v) is 5.07. The first kappa shape index (κ1) is 18.3. The quantitative estimate of drug-likeness (QED) is 0.613. The first-order chi connectivity index (χ1) is 13.6. The van der Waals surface area contributed by atoms with E-state index in [1.165, 1.54) is 0 Å². The van der Waals surface area contributed by atoms with Gasteiger partial charge in [-0.15, -0.1) is 0 Å². The third kappa shape index (κ3) is 3.30. The first-order valence-electron chi connectivity index (χ1n) is 9.74. The zero-order valence-corrected chi connectivity index (χ0v) is 16.6. The number of carbonyl (C=O) groups is 1. The highest BCUT2D eigenvalue weighted by atomic mass is 16.5. The summed E-state index contributed by atoms with van der Waals surface area (Å²) in [6, 6.07) is 7.65. The molecule has 28 heavy (non-hydrogen) atoms. The fourth-order valence-corrected chi connectivity index (χ4v) is 3.58. The first-order valence-corrected chi connectivity index (χ1v) is 9.74. The Morgan fingerprint density at radius 3 is 2.93 bits per heavy atom. The van der Waals surface area contributed by atoms with Gasteiger partial charge >= 0.3 is 0 Å². The topological polar surface area (TPSA) is 56.1 Å². The van der Waals surface area contributed by atoms with Gasteiger partial charge in [0.25, 0.3) is 0 Å². The van der Waals surface area contributed by atoms with E-state index in [2.05, 4.69) is 16.8 Å². The van der Waals surface area contributed by atoms with Crippen LogP contribution in [0.1, 0.15) is 35.5 Å². The molecule has 0 atom stereocenters. The predicted molar refractivity (Wildman–Crippen MR) is 109 cm³/mol. The van der Waals surface area contributed by atoms with Crippen LogP contribution in [0.5, 0.6) is 11.5 Å². The fraction of sp³-hybridized carbons (Fsp3) is 0.364. The summed E-state index contributed by atoms with van der Waals surface area (Å²) in [4.78, 5) is 19.9. The number of imidazole rings is 1. The van der Waals surface area contributed by atoms with Crippen molar-refractivity contribution >= 4 is 17.1 Å². The van der Waals surface area contributed by atoms with Gasteiger partial charge in [0.15, 0.2) is 11.5 Å². The molecule has 0 unspecified atom stereocenters. The van der Waals surface area contributed by atoms with E-state index in [1.807, 2.05) is 55.0 Å². The maximum absolute atomic E-state index is 13.2. The lowest BCUT2D eigenvalue weighted by Gasteiger charge is -2.28. The lowest BCUT2D eigenvalue weighted by Crippen LogP contribution is -2.29. The van der Waals surface area contributed by atoms with Gasteiger partial charge < -0.3 is 18.8 Å². The molecule has 6 nitrogen and oxygen atoms in total. The van der Waals surface area contributed by atoms with Gasteiger partial charge in [-0.3, -0.25) is 4.79 Å². The molecule has 0 amide bonds. The molecule has 0 bridgehead atoms. The van der Waals surface area contributed by atoms with Gasteiger partial charge in [-0.25, -0.2) is 4.98 Å². The van der Waals surface area contributed by atoms with Crippen LogP contribution in [0.3, 0.4) is 0 Å². The minimum atomic E-state index is 0.0169. The maximum atomic E-state index is 13.2. The Bertz CT molecular complexity index is 1030. The number of carbonyl (C=O) groups excluding carboxylic acids is 1. The number of hydrogen-bond donors (Lipinski definition) is 0. The van der Waals surface area contributed by atoms with Gasteiger partial charge in [0.2, 0.25) is 0 Å². The minimum Gasteiger partial charge on any atom is -0.493 e. The minimum absolute atomic E-state index is 0.0169. The highest BCUT2D eigenvalue weighted by Crippen LogP contribution is 2.35. The lowest BCUT2D eigenvalue weighted by molar-refractivity contribution is 0.0987. The predicted octanol–water partition coefficient (Wildman–Crippen LogP) is 3.55. The summed E-state index contributed by atoms with van der Waals surface area (Å²) < 4.78 is 13.6. The fourth-order valence-electron chi connectivity index (χ4n) is 3.58. The molecule has 1 aliphatic rings. The van der Waals surface area contributed by atoms with Crippen LogP contribution in [-0.4, -0.2) is 42.0 Å². The number of ether oxygens (including phenoxy) is 2. The molecule has 0 saturated heterocycles. The number of fused-ring (bicyclic) bond motifs is 2. The average Bonchev–Trinajstić information content (AvgIpc) is 3.10. The van der Waals surface area contributed by atoms with Crippen LogP contribution < -0.4 is 14.4 Å². The van der Waals surface area contributed by atoms with Crippen LogP contribution in [0.15, 0.2) is 36.7 Å². The van der Waals surface area contributed by atoms with Crippen LogP contribution in [0.2, 0.25) is 0 Å². The molecule has 146 valence electrons. The summed E-state index contributed by atoms with van der Waals surface area (Å²) in [5, 5.41) is 0. The average molecular weight is 379 g/mol. The van der Waals surface area contributed by atoms with E-state index in [9.17, 15) is 4.79 Å². The molecule has 0 spiro atoms. The number of pyridine rings is 1. The van der Waals surface area contributed by atoms with E-state index < -0.39 is 0 Å². The molecule has 0 aliphatic carbocycles. The second kappa shape index (κ2) is 7.54. The molecule has 1 aliphatic heterocycles. The summed E-state index contributed by atoms with van der Waals surface area (Å²) in [6.07, 6.45) is 5.06. The number of aromatic nitrogens is 2. The Kier molecular flexibility index (Phi) is 4.94. The number of benzene rings is 1. The summed E-state index contributed by atoms with van der Waals surface area (Å²) in [5.41, 5.74) is 4.27. The van der Waals surface area contributed by atoms with Gasteiger partial charge in [0, 0.05) is 37.5 Å². The lowest BCUT2D eigenvalue weighted by atomic mass is 10.0. The summed E-state index contributed by atoms with van der Waals surface area (Å²) in [5.74, 6) is 1.40. The van der Waals surface area contributed by atoms with Gasteiger partial charge in [-0.2, -0.15) is 0 Å². The highest BCUT2D eigenvalue weighted by Gasteiger charge is 2.23. The molecule has 3 heterocycles. The second-order valence-corrected chi connectivity index (χ2v) is 6.97. The Labute approximate surface area is 164 Å². The van der Waals surface area contributed by atoms with Crippen molar-refractivity contribution in [2.24, 2.45) is 0 Å². The van der Waals surface area contributed by atoms with Crippen LogP contribution >= 0.6 is 0 Å².